The topological polar surface area (TPSA) is 29.5 Å². The smallest absolute Gasteiger partial charge is 0.182 e. The van der Waals surface area contributed by atoms with Gasteiger partial charge >= 0.3 is 0 Å². The van der Waals surface area contributed by atoms with Crippen LogP contribution in [0.2, 0.25) is 0 Å². The molecule has 0 saturated heterocycles. The zero-order chi connectivity index (χ0) is 14.6. The van der Waals surface area contributed by atoms with Gasteiger partial charge in [0.05, 0.1) is 16.0 Å². The van der Waals surface area contributed by atoms with Crippen LogP contribution in [0, 0.1) is 17.6 Å². The lowest BCUT2D eigenvalue weighted by Crippen LogP contribution is -2.00. The number of hydrogen-bond acceptors (Lipinski definition) is 3. The molecule has 2 nitrogen and oxygen atoms in total. The van der Waals surface area contributed by atoms with Crippen LogP contribution in [-0.4, -0.2) is 11.7 Å². The van der Waals surface area contributed by atoms with Crippen molar-refractivity contribution in [3.63, 3.8) is 0 Å². The van der Waals surface area contributed by atoms with Gasteiger partial charge in [-0.15, -0.1) is 11.3 Å². The molecule has 1 fully saturated rings. The van der Waals surface area contributed by atoms with Crippen molar-refractivity contribution in [1.29, 1.82) is 0 Å². The average Bonchev–Trinajstić information content (AvgIpc) is 3.22. The second-order valence-electron chi connectivity index (χ2n) is 5.39. The zero-order valence-electron chi connectivity index (χ0n) is 11.0. The van der Waals surface area contributed by atoms with Gasteiger partial charge in [-0.1, -0.05) is 0 Å². The predicted molar refractivity (Wildman–Crippen MR) is 79.1 cm³/mol. The maximum absolute atomic E-state index is 14.5. The summed E-state index contributed by atoms with van der Waals surface area (Å²) in [7, 11) is 0. The molecule has 5 heteroatoms. The maximum atomic E-state index is 14.5. The number of halogens is 2. The third kappa shape index (κ3) is 2.03. The molecule has 4 rings (SSSR count). The molecule has 1 heterocycles. The molecule has 1 aliphatic rings. The molecule has 0 atom stereocenters. The van der Waals surface area contributed by atoms with Crippen molar-refractivity contribution in [2.45, 2.75) is 12.8 Å². The lowest BCUT2D eigenvalue weighted by atomic mass is 10.1. The second-order valence-corrected chi connectivity index (χ2v) is 6.41. The second kappa shape index (κ2) is 4.56. The van der Waals surface area contributed by atoms with E-state index < -0.39 is 17.4 Å². The lowest BCUT2D eigenvalue weighted by molar-refractivity contribution is 0.286. The van der Waals surface area contributed by atoms with E-state index in [4.69, 9.17) is 4.74 Å². The molecule has 1 aliphatic carbocycles. The number of phenols is 1. The SMILES string of the molecule is Oc1ccc2c(sc3c(F)c(OCC4CC4)ccc32)c1F. The van der Waals surface area contributed by atoms with Gasteiger partial charge in [-0.25, -0.2) is 8.78 Å². The minimum atomic E-state index is -0.700. The number of hydrogen-bond donors (Lipinski definition) is 1. The summed E-state index contributed by atoms with van der Waals surface area (Å²) in [5.41, 5.74) is 0. The molecule has 0 spiro atoms. The molecule has 1 N–H and O–H groups in total. The van der Waals surface area contributed by atoms with Crippen molar-refractivity contribution in [3.8, 4) is 11.5 Å². The van der Waals surface area contributed by atoms with Crippen LogP contribution in [-0.2, 0) is 0 Å². The summed E-state index contributed by atoms with van der Waals surface area (Å²) in [6.07, 6.45) is 2.27. The molecule has 108 valence electrons. The molecule has 0 amide bonds. The molecule has 21 heavy (non-hydrogen) atoms. The Hall–Kier alpha value is -1.88. The van der Waals surface area contributed by atoms with E-state index in [1.54, 1.807) is 18.2 Å². The van der Waals surface area contributed by atoms with Crippen LogP contribution in [0.3, 0.4) is 0 Å². The fraction of sp³-hybridized carbons (Fsp3) is 0.250. The zero-order valence-corrected chi connectivity index (χ0v) is 11.8. The van der Waals surface area contributed by atoms with Gasteiger partial charge in [0.25, 0.3) is 0 Å². The summed E-state index contributed by atoms with van der Waals surface area (Å²) in [6, 6.07) is 6.24. The highest BCUT2D eigenvalue weighted by Gasteiger charge is 2.23. The summed E-state index contributed by atoms with van der Waals surface area (Å²) in [4.78, 5) is 0. The van der Waals surface area contributed by atoms with Gasteiger partial charge in [-0.2, -0.15) is 0 Å². The van der Waals surface area contributed by atoms with Crippen LogP contribution in [0.25, 0.3) is 20.2 Å². The van der Waals surface area contributed by atoms with E-state index in [2.05, 4.69) is 0 Å². The Labute approximate surface area is 123 Å². The summed E-state index contributed by atoms with van der Waals surface area (Å²) >= 11 is 1.00. The molecule has 2 aromatic carbocycles. The largest absolute Gasteiger partial charge is 0.505 e. The number of ether oxygens (including phenoxy) is 1. The van der Waals surface area contributed by atoms with Gasteiger partial charge < -0.3 is 9.84 Å². The van der Waals surface area contributed by atoms with Gasteiger partial charge in [-0.05, 0) is 43.0 Å². The first-order valence-electron chi connectivity index (χ1n) is 6.80. The first kappa shape index (κ1) is 12.8. The fourth-order valence-electron chi connectivity index (χ4n) is 2.41. The summed E-state index contributed by atoms with van der Waals surface area (Å²) in [5.74, 6) is -0.816. The van der Waals surface area contributed by atoms with Crippen LogP contribution >= 0.6 is 11.3 Å². The third-order valence-electron chi connectivity index (χ3n) is 3.80. The van der Waals surface area contributed by atoms with Gasteiger partial charge in [0.1, 0.15) is 0 Å². The Kier molecular flexibility index (Phi) is 2.79. The quantitative estimate of drug-likeness (QED) is 0.751. The van der Waals surface area contributed by atoms with Gasteiger partial charge in [0, 0.05) is 10.8 Å². The normalized spacial score (nSPS) is 15.0. The van der Waals surface area contributed by atoms with E-state index in [1.807, 2.05) is 0 Å². The highest BCUT2D eigenvalue weighted by Crippen LogP contribution is 2.41. The number of aromatic hydroxyl groups is 1. The number of fused-ring (bicyclic) bond motifs is 3. The van der Waals surface area contributed by atoms with E-state index in [9.17, 15) is 13.9 Å². The van der Waals surface area contributed by atoms with E-state index in [1.165, 1.54) is 6.07 Å². The first-order chi connectivity index (χ1) is 10.1. The number of phenolic OH excluding ortho intramolecular Hbond substituents is 1. The van der Waals surface area contributed by atoms with E-state index in [-0.39, 0.29) is 10.4 Å². The number of thiophene rings is 1. The summed E-state index contributed by atoms with van der Waals surface area (Å²) in [5, 5.41) is 10.7. The Morgan fingerprint density at radius 1 is 1.05 bits per heavy atom. The van der Waals surface area contributed by atoms with Crippen molar-refractivity contribution >= 4 is 31.5 Å². The molecule has 0 bridgehead atoms. The average molecular weight is 306 g/mol. The van der Waals surface area contributed by atoms with Gasteiger partial charge in [0.15, 0.2) is 23.1 Å². The van der Waals surface area contributed by atoms with Gasteiger partial charge in [-0.3, -0.25) is 0 Å². The summed E-state index contributed by atoms with van der Waals surface area (Å²) < 4.78 is 34.6. The minimum Gasteiger partial charge on any atom is -0.505 e. The van der Waals surface area contributed by atoms with Crippen molar-refractivity contribution in [2.75, 3.05) is 6.61 Å². The standard InChI is InChI=1S/C16H12F2O2S/c17-13-11(19)5-3-9-10-4-6-12(20-7-8-1-2-8)14(18)16(10)21-15(9)13/h3-6,8,19H,1-2,7H2. The summed E-state index contributed by atoms with van der Waals surface area (Å²) in [6.45, 7) is 0.530. The minimum absolute atomic E-state index is 0.214. The van der Waals surface area contributed by atoms with Crippen molar-refractivity contribution in [1.82, 2.24) is 0 Å². The van der Waals surface area contributed by atoms with Crippen LogP contribution in [0.1, 0.15) is 12.8 Å². The highest BCUT2D eigenvalue weighted by molar-refractivity contribution is 7.25. The molecular formula is C16H12F2O2S. The van der Waals surface area contributed by atoms with Crippen molar-refractivity contribution < 1.29 is 18.6 Å². The number of benzene rings is 2. The maximum Gasteiger partial charge on any atom is 0.182 e. The third-order valence-corrected chi connectivity index (χ3v) is 5.01. The van der Waals surface area contributed by atoms with Crippen LogP contribution in [0.15, 0.2) is 24.3 Å². The first-order valence-corrected chi connectivity index (χ1v) is 7.62. The molecule has 0 unspecified atom stereocenters. The van der Waals surface area contributed by atoms with E-state index in [0.717, 1.165) is 24.2 Å². The monoisotopic (exact) mass is 306 g/mol. The van der Waals surface area contributed by atoms with E-state index in [0.29, 0.717) is 28.0 Å². The predicted octanol–water partition coefficient (Wildman–Crippen LogP) is 4.83. The Morgan fingerprint density at radius 2 is 1.71 bits per heavy atom. The van der Waals surface area contributed by atoms with Crippen molar-refractivity contribution in [3.05, 3.63) is 35.9 Å². The fourth-order valence-corrected chi connectivity index (χ4v) is 3.58. The Morgan fingerprint density at radius 3 is 2.43 bits per heavy atom. The molecule has 0 aliphatic heterocycles. The molecule has 3 aromatic rings. The Balaban J connectivity index is 1.88. The Bertz CT molecular complexity index is 852. The van der Waals surface area contributed by atoms with Crippen molar-refractivity contribution in [2.24, 2.45) is 5.92 Å². The number of rotatable bonds is 3. The molecule has 1 aromatic heterocycles. The molecule has 1 saturated carbocycles. The van der Waals surface area contributed by atoms with Crippen LogP contribution in [0.4, 0.5) is 8.78 Å². The lowest BCUT2D eigenvalue weighted by Gasteiger charge is -2.06. The molecule has 0 radical (unpaired) electrons. The van der Waals surface area contributed by atoms with E-state index >= 15 is 0 Å². The van der Waals surface area contributed by atoms with Gasteiger partial charge in [0.2, 0.25) is 0 Å². The highest BCUT2D eigenvalue weighted by atomic mass is 32.1. The van der Waals surface area contributed by atoms with Crippen LogP contribution < -0.4 is 4.74 Å². The molecular weight excluding hydrogens is 294 g/mol. The van der Waals surface area contributed by atoms with Crippen LogP contribution in [0.5, 0.6) is 11.5 Å².